The quantitative estimate of drug-likeness (QED) is 0.658. The predicted octanol–water partition coefficient (Wildman–Crippen LogP) is 4.34. The van der Waals surface area contributed by atoms with Crippen LogP contribution in [0.2, 0.25) is 0 Å². The maximum Gasteiger partial charge on any atom is 0.306 e. The maximum absolute atomic E-state index is 11.1. The molecule has 0 aromatic heterocycles. The first kappa shape index (κ1) is 15.5. The maximum atomic E-state index is 11.1. The number of aliphatic carboxylic acids is 1. The van der Waals surface area contributed by atoms with Crippen molar-refractivity contribution in [2.45, 2.75) is 66.7 Å². The summed E-state index contributed by atoms with van der Waals surface area (Å²) in [5.74, 6) is -0.470. The van der Waals surface area contributed by atoms with Gasteiger partial charge in [-0.2, -0.15) is 0 Å². The van der Waals surface area contributed by atoms with Gasteiger partial charge < -0.3 is 5.11 Å². The summed E-state index contributed by atoms with van der Waals surface area (Å²) in [6, 6.07) is 0. The number of unbranched alkanes of at least 4 members (excludes halogenated alkanes) is 1. The summed E-state index contributed by atoms with van der Waals surface area (Å²) in [5.41, 5.74) is 0.370. The molecule has 0 aliphatic carbocycles. The van der Waals surface area contributed by atoms with Gasteiger partial charge in [0, 0.05) is 0 Å². The average Bonchev–Trinajstić information content (AvgIpc) is 2.14. The number of carbonyl (C=O) groups is 1. The molecular formula is C14H28O2. The van der Waals surface area contributed by atoms with E-state index in [2.05, 4.69) is 27.7 Å². The van der Waals surface area contributed by atoms with Gasteiger partial charge in [0.05, 0.1) is 5.92 Å². The minimum atomic E-state index is -0.620. The van der Waals surface area contributed by atoms with Crippen LogP contribution in [0.3, 0.4) is 0 Å². The van der Waals surface area contributed by atoms with Crippen LogP contribution in [0.5, 0.6) is 0 Å². The van der Waals surface area contributed by atoms with Crippen molar-refractivity contribution in [2.75, 3.05) is 0 Å². The summed E-state index contributed by atoms with van der Waals surface area (Å²) in [7, 11) is 0. The van der Waals surface area contributed by atoms with Crippen molar-refractivity contribution in [1.29, 1.82) is 0 Å². The highest BCUT2D eigenvalue weighted by Crippen LogP contribution is 2.26. The molecule has 0 saturated heterocycles. The van der Waals surface area contributed by atoms with Crippen LogP contribution in [0.25, 0.3) is 0 Å². The normalized spacial score (nSPS) is 15.8. The molecular weight excluding hydrogens is 200 g/mol. The topological polar surface area (TPSA) is 37.3 Å². The second-order valence-corrected chi connectivity index (χ2v) is 6.14. The van der Waals surface area contributed by atoms with Crippen molar-refractivity contribution in [3.63, 3.8) is 0 Å². The Bertz CT molecular complexity index is 203. The molecule has 2 unspecified atom stereocenters. The van der Waals surface area contributed by atoms with Crippen LogP contribution in [0.15, 0.2) is 0 Å². The fourth-order valence-corrected chi connectivity index (χ4v) is 1.96. The molecule has 0 bridgehead atoms. The lowest BCUT2D eigenvalue weighted by molar-refractivity contribution is -0.143. The van der Waals surface area contributed by atoms with Crippen LogP contribution in [0.1, 0.15) is 66.7 Å². The molecule has 0 aliphatic rings. The zero-order valence-electron chi connectivity index (χ0n) is 11.5. The van der Waals surface area contributed by atoms with Crippen LogP contribution in [-0.4, -0.2) is 11.1 Å². The van der Waals surface area contributed by atoms with E-state index in [4.69, 9.17) is 5.11 Å². The molecule has 0 aromatic rings. The van der Waals surface area contributed by atoms with E-state index in [0.717, 1.165) is 25.7 Å². The van der Waals surface area contributed by atoms with Gasteiger partial charge in [-0.3, -0.25) is 4.79 Å². The van der Waals surface area contributed by atoms with Gasteiger partial charge in [0.1, 0.15) is 0 Å². The molecule has 0 radical (unpaired) electrons. The smallest absolute Gasteiger partial charge is 0.306 e. The summed E-state index contributed by atoms with van der Waals surface area (Å²) < 4.78 is 0. The lowest BCUT2D eigenvalue weighted by atomic mass is 9.85. The number of rotatable bonds is 7. The van der Waals surface area contributed by atoms with Crippen molar-refractivity contribution >= 4 is 5.97 Å². The monoisotopic (exact) mass is 228 g/mol. The largest absolute Gasteiger partial charge is 0.481 e. The SMILES string of the molecule is CCC(C)C(CCCCC(C)(C)C)C(=O)O. The average molecular weight is 228 g/mol. The van der Waals surface area contributed by atoms with E-state index >= 15 is 0 Å². The molecule has 0 saturated carbocycles. The summed E-state index contributed by atoms with van der Waals surface area (Å²) in [5, 5.41) is 9.13. The number of hydrogen-bond acceptors (Lipinski definition) is 1. The second-order valence-electron chi connectivity index (χ2n) is 6.14. The molecule has 0 amide bonds. The van der Waals surface area contributed by atoms with Crippen LogP contribution in [-0.2, 0) is 4.79 Å². The zero-order valence-corrected chi connectivity index (χ0v) is 11.5. The van der Waals surface area contributed by atoms with Gasteiger partial charge in [-0.15, -0.1) is 0 Å². The molecule has 0 fully saturated rings. The van der Waals surface area contributed by atoms with Gasteiger partial charge in [-0.1, -0.05) is 53.9 Å². The van der Waals surface area contributed by atoms with Crippen LogP contribution in [0, 0.1) is 17.3 Å². The Kier molecular flexibility index (Phi) is 6.70. The first-order chi connectivity index (χ1) is 7.28. The van der Waals surface area contributed by atoms with E-state index in [0.29, 0.717) is 11.3 Å². The Morgan fingerprint density at radius 2 is 1.81 bits per heavy atom. The molecule has 0 rings (SSSR count). The highest BCUT2D eigenvalue weighted by atomic mass is 16.4. The zero-order chi connectivity index (χ0) is 12.8. The van der Waals surface area contributed by atoms with E-state index in [1.54, 1.807) is 0 Å². The Morgan fingerprint density at radius 1 is 1.25 bits per heavy atom. The molecule has 2 atom stereocenters. The lowest BCUT2D eigenvalue weighted by Gasteiger charge is -2.20. The van der Waals surface area contributed by atoms with E-state index < -0.39 is 5.97 Å². The van der Waals surface area contributed by atoms with Crippen molar-refractivity contribution < 1.29 is 9.90 Å². The lowest BCUT2D eigenvalue weighted by Crippen LogP contribution is -2.21. The number of carboxylic acid groups (broad SMARTS) is 1. The van der Waals surface area contributed by atoms with Gasteiger partial charge in [-0.25, -0.2) is 0 Å². The molecule has 96 valence electrons. The Hall–Kier alpha value is -0.530. The highest BCUT2D eigenvalue weighted by molar-refractivity contribution is 5.70. The molecule has 0 spiro atoms. The van der Waals surface area contributed by atoms with Crippen molar-refractivity contribution in [3.8, 4) is 0 Å². The van der Waals surface area contributed by atoms with E-state index in [-0.39, 0.29) is 5.92 Å². The highest BCUT2D eigenvalue weighted by Gasteiger charge is 2.22. The van der Waals surface area contributed by atoms with Crippen LogP contribution >= 0.6 is 0 Å². The summed E-state index contributed by atoms with van der Waals surface area (Å²) in [6.07, 6.45) is 5.15. The molecule has 0 aromatic carbocycles. The molecule has 2 nitrogen and oxygen atoms in total. The van der Waals surface area contributed by atoms with Gasteiger partial charge >= 0.3 is 5.97 Å². The minimum absolute atomic E-state index is 0.148. The van der Waals surface area contributed by atoms with Crippen molar-refractivity contribution in [2.24, 2.45) is 17.3 Å². The van der Waals surface area contributed by atoms with Crippen molar-refractivity contribution in [3.05, 3.63) is 0 Å². The van der Waals surface area contributed by atoms with Crippen LogP contribution < -0.4 is 0 Å². The predicted molar refractivity (Wildman–Crippen MR) is 68.5 cm³/mol. The minimum Gasteiger partial charge on any atom is -0.481 e. The van der Waals surface area contributed by atoms with Crippen molar-refractivity contribution in [1.82, 2.24) is 0 Å². The fraction of sp³-hybridized carbons (Fsp3) is 0.929. The van der Waals surface area contributed by atoms with Gasteiger partial charge in [0.25, 0.3) is 0 Å². The summed E-state index contributed by atoms with van der Waals surface area (Å²) in [6.45, 7) is 10.8. The standard InChI is InChI=1S/C14H28O2/c1-6-11(2)12(13(15)16)9-7-8-10-14(3,4)5/h11-12H,6-10H2,1-5H3,(H,15,16). The van der Waals surface area contributed by atoms with E-state index in [1.807, 2.05) is 6.92 Å². The fourth-order valence-electron chi connectivity index (χ4n) is 1.96. The molecule has 0 aliphatic heterocycles. The molecule has 0 heterocycles. The van der Waals surface area contributed by atoms with Gasteiger partial charge in [0.15, 0.2) is 0 Å². The van der Waals surface area contributed by atoms with Gasteiger partial charge in [0.2, 0.25) is 0 Å². The summed E-state index contributed by atoms with van der Waals surface area (Å²) >= 11 is 0. The third-order valence-corrected chi connectivity index (χ3v) is 3.34. The second kappa shape index (κ2) is 6.93. The molecule has 16 heavy (non-hydrogen) atoms. The number of carboxylic acids is 1. The van der Waals surface area contributed by atoms with E-state index in [1.165, 1.54) is 6.42 Å². The third-order valence-electron chi connectivity index (χ3n) is 3.34. The van der Waals surface area contributed by atoms with E-state index in [9.17, 15) is 4.79 Å². The summed E-state index contributed by atoms with van der Waals surface area (Å²) in [4.78, 5) is 11.1. The van der Waals surface area contributed by atoms with Crippen LogP contribution in [0.4, 0.5) is 0 Å². The Labute approximate surface area is 100 Å². The first-order valence-corrected chi connectivity index (χ1v) is 6.50. The Balaban J connectivity index is 3.91. The number of hydrogen-bond donors (Lipinski definition) is 1. The Morgan fingerprint density at radius 3 is 2.19 bits per heavy atom. The molecule has 1 N–H and O–H groups in total. The third kappa shape index (κ3) is 6.86. The first-order valence-electron chi connectivity index (χ1n) is 6.50. The molecule has 2 heteroatoms. The van der Waals surface area contributed by atoms with Gasteiger partial charge in [-0.05, 0) is 24.2 Å².